The lowest BCUT2D eigenvalue weighted by molar-refractivity contribution is 0.600. The molecule has 0 amide bonds. The van der Waals surface area contributed by atoms with E-state index in [9.17, 15) is 8.42 Å². The molecule has 1 heterocycles. The molecule has 0 atom stereocenters. The zero-order chi connectivity index (χ0) is 15.6. The molecule has 0 bridgehead atoms. The van der Waals surface area contributed by atoms with Gasteiger partial charge < -0.3 is 5.73 Å². The first-order valence-corrected chi connectivity index (χ1v) is 8.08. The van der Waals surface area contributed by atoms with E-state index in [1.54, 1.807) is 38.2 Å². The molecule has 3 N–H and O–H groups in total. The molecule has 6 heteroatoms. The van der Waals surface area contributed by atoms with Gasteiger partial charge >= 0.3 is 0 Å². The number of aromatic nitrogens is 1. The SMILES string of the molecule is Cc1cc(CN)cc(S(=O)(=O)Nc2cccnc2C)c1C. The van der Waals surface area contributed by atoms with Crippen molar-refractivity contribution in [2.45, 2.75) is 32.2 Å². The number of nitrogens with two attached hydrogens (primary N) is 1. The Morgan fingerprint density at radius 3 is 2.57 bits per heavy atom. The predicted octanol–water partition coefficient (Wildman–Crippen LogP) is 2.27. The molecule has 0 saturated heterocycles. The van der Waals surface area contributed by atoms with Crippen LogP contribution in [0.4, 0.5) is 5.69 Å². The van der Waals surface area contributed by atoms with E-state index in [4.69, 9.17) is 5.73 Å². The summed E-state index contributed by atoms with van der Waals surface area (Å²) in [5.74, 6) is 0. The first-order valence-electron chi connectivity index (χ1n) is 6.60. The van der Waals surface area contributed by atoms with Gasteiger partial charge in [0.25, 0.3) is 10.0 Å². The van der Waals surface area contributed by atoms with Gasteiger partial charge in [0.2, 0.25) is 0 Å². The number of aryl methyl sites for hydroxylation is 2. The van der Waals surface area contributed by atoms with Crippen molar-refractivity contribution in [2.75, 3.05) is 4.72 Å². The maximum atomic E-state index is 12.6. The van der Waals surface area contributed by atoms with E-state index in [0.29, 0.717) is 17.9 Å². The molecule has 21 heavy (non-hydrogen) atoms. The Labute approximate surface area is 125 Å². The van der Waals surface area contributed by atoms with Crippen LogP contribution in [0, 0.1) is 20.8 Å². The van der Waals surface area contributed by atoms with E-state index >= 15 is 0 Å². The van der Waals surface area contributed by atoms with Gasteiger partial charge in [-0.2, -0.15) is 0 Å². The molecule has 0 radical (unpaired) electrons. The highest BCUT2D eigenvalue weighted by Gasteiger charge is 2.19. The van der Waals surface area contributed by atoms with E-state index in [2.05, 4.69) is 9.71 Å². The van der Waals surface area contributed by atoms with Crippen LogP contribution in [0.1, 0.15) is 22.4 Å². The molecule has 0 fully saturated rings. The fourth-order valence-electron chi connectivity index (χ4n) is 2.09. The Balaban J connectivity index is 2.50. The van der Waals surface area contributed by atoms with E-state index in [0.717, 1.165) is 16.7 Å². The Hall–Kier alpha value is -1.92. The van der Waals surface area contributed by atoms with Crippen molar-refractivity contribution in [3.05, 3.63) is 52.8 Å². The van der Waals surface area contributed by atoms with Crippen LogP contribution in [0.3, 0.4) is 0 Å². The Morgan fingerprint density at radius 2 is 1.95 bits per heavy atom. The zero-order valence-electron chi connectivity index (χ0n) is 12.3. The minimum absolute atomic E-state index is 0.256. The van der Waals surface area contributed by atoms with Crippen molar-refractivity contribution in [1.82, 2.24) is 4.98 Å². The highest BCUT2D eigenvalue weighted by Crippen LogP contribution is 2.24. The van der Waals surface area contributed by atoms with E-state index in [1.165, 1.54) is 0 Å². The average Bonchev–Trinajstić information content (AvgIpc) is 2.43. The second-order valence-electron chi connectivity index (χ2n) is 4.98. The molecule has 2 rings (SSSR count). The topological polar surface area (TPSA) is 85.1 Å². The molecule has 0 aliphatic carbocycles. The van der Waals surface area contributed by atoms with Gasteiger partial charge in [0, 0.05) is 12.7 Å². The summed E-state index contributed by atoms with van der Waals surface area (Å²) in [6.07, 6.45) is 1.62. The molecule has 0 spiro atoms. The van der Waals surface area contributed by atoms with Crippen LogP contribution in [0.5, 0.6) is 0 Å². The molecule has 0 unspecified atom stereocenters. The number of rotatable bonds is 4. The number of nitrogens with zero attached hydrogens (tertiary/aromatic N) is 1. The van der Waals surface area contributed by atoms with Crippen LogP contribution in [-0.4, -0.2) is 13.4 Å². The fourth-order valence-corrected chi connectivity index (χ4v) is 3.57. The normalized spacial score (nSPS) is 11.4. The number of pyridine rings is 1. The Morgan fingerprint density at radius 1 is 1.24 bits per heavy atom. The van der Waals surface area contributed by atoms with Crippen LogP contribution in [0.15, 0.2) is 35.4 Å². The molecule has 0 aliphatic rings. The predicted molar refractivity (Wildman–Crippen MR) is 83.6 cm³/mol. The smallest absolute Gasteiger partial charge is 0.262 e. The third-order valence-electron chi connectivity index (χ3n) is 3.46. The minimum Gasteiger partial charge on any atom is -0.326 e. The summed E-state index contributed by atoms with van der Waals surface area (Å²) < 4.78 is 27.8. The molecule has 5 nitrogen and oxygen atoms in total. The second-order valence-corrected chi connectivity index (χ2v) is 6.63. The lowest BCUT2D eigenvalue weighted by atomic mass is 10.1. The summed E-state index contributed by atoms with van der Waals surface area (Å²) in [5.41, 5.74) is 9.16. The average molecular weight is 305 g/mol. The number of nitrogens with one attached hydrogen (secondary N) is 1. The largest absolute Gasteiger partial charge is 0.326 e. The van der Waals surface area contributed by atoms with E-state index in [-0.39, 0.29) is 4.90 Å². The first-order chi connectivity index (χ1) is 9.85. The van der Waals surface area contributed by atoms with Gasteiger partial charge in [-0.15, -0.1) is 0 Å². The van der Waals surface area contributed by atoms with Gasteiger partial charge in [0.1, 0.15) is 0 Å². The van der Waals surface area contributed by atoms with Crippen LogP contribution in [0.2, 0.25) is 0 Å². The molecule has 0 aliphatic heterocycles. The third kappa shape index (κ3) is 3.22. The maximum Gasteiger partial charge on any atom is 0.262 e. The molecular weight excluding hydrogens is 286 g/mol. The summed E-state index contributed by atoms with van der Waals surface area (Å²) >= 11 is 0. The number of benzene rings is 1. The third-order valence-corrected chi connectivity index (χ3v) is 4.95. The van der Waals surface area contributed by atoms with Gasteiger partial charge in [-0.3, -0.25) is 9.71 Å². The van der Waals surface area contributed by atoms with Gasteiger partial charge in [-0.05, 0) is 55.7 Å². The van der Waals surface area contributed by atoms with Gasteiger partial charge in [-0.25, -0.2) is 8.42 Å². The number of hydrogen-bond acceptors (Lipinski definition) is 4. The summed E-state index contributed by atoms with van der Waals surface area (Å²) in [5, 5.41) is 0. The van der Waals surface area contributed by atoms with Crippen LogP contribution >= 0.6 is 0 Å². The molecule has 1 aromatic carbocycles. The quantitative estimate of drug-likeness (QED) is 0.907. The van der Waals surface area contributed by atoms with Crippen molar-refractivity contribution >= 4 is 15.7 Å². The van der Waals surface area contributed by atoms with Crippen LogP contribution in [0.25, 0.3) is 0 Å². The molecular formula is C15H19N3O2S. The van der Waals surface area contributed by atoms with E-state index in [1.807, 2.05) is 13.0 Å². The maximum absolute atomic E-state index is 12.6. The zero-order valence-corrected chi connectivity index (χ0v) is 13.2. The lowest BCUT2D eigenvalue weighted by Crippen LogP contribution is -2.16. The highest BCUT2D eigenvalue weighted by molar-refractivity contribution is 7.92. The van der Waals surface area contributed by atoms with Gasteiger partial charge in [0.05, 0.1) is 16.3 Å². The van der Waals surface area contributed by atoms with Crippen molar-refractivity contribution in [2.24, 2.45) is 5.73 Å². The monoisotopic (exact) mass is 305 g/mol. The standard InChI is InChI=1S/C15H19N3O2S/c1-10-7-13(9-16)8-15(11(10)2)21(19,20)18-14-5-4-6-17-12(14)3/h4-8,18H,9,16H2,1-3H3. The minimum atomic E-state index is -3.67. The van der Waals surface area contributed by atoms with Crippen LogP contribution < -0.4 is 10.5 Å². The summed E-state index contributed by atoms with van der Waals surface area (Å²) in [7, 11) is -3.67. The van der Waals surface area contributed by atoms with E-state index < -0.39 is 10.0 Å². The van der Waals surface area contributed by atoms with Crippen LogP contribution in [-0.2, 0) is 16.6 Å². The number of sulfonamides is 1. The summed E-state index contributed by atoms with van der Waals surface area (Å²) in [6.45, 7) is 5.73. The lowest BCUT2D eigenvalue weighted by Gasteiger charge is -2.14. The Bertz CT molecular complexity index is 770. The summed E-state index contributed by atoms with van der Waals surface area (Å²) in [6, 6.07) is 6.91. The van der Waals surface area contributed by atoms with Crippen molar-refractivity contribution in [3.8, 4) is 0 Å². The molecule has 1 aromatic heterocycles. The van der Waals surface area contributed by atoms with Crippen molar-refractivity contribution < 1.29 is 8.42 Å². The summed E-state index contributed by atoms with van der Waals surface area (Å²) in [4.78, 5) is 4.34. The molecule has 0 saturated carbocycles. The molecule has 2 aromatic rings. The number of anilines is 1. The first kappa shape index (κ1) is 15.5. The van der Waals surface area contributed by atoms with Gasteiger partial charge in [0.15, 0.2) is 0 Å². The van der Waals surface area contributed by atoms with Crippen molar-refractivity contribution in [3.63, 3.8) is 0 Å². The van der Waals surface area contributed by atoms with Crippen molar-refractivity contribution in [1.29, 1.82) is 0 Å². The Kier molecular flexibility index (Phi) is 4.29. The molecule has 112 valence electrons. The van der Waals surface area contributed by atoms with Gasteiger partial charge in [-0.1, -0.05) is 6.07 Å². The number of hydrogen-bond donors (Lipinski definition) is 2. The second kappa shape index (κ2) is 5.83. The highest BCUT2D eigenvalue weighted by atomic mass is 32.2. The fraction of sp³-hybridized carbons (Fsp3) is 0.267.